The number of Topliss-reactive ketones (excluding diaryl/α,β-unsaturated/α-hetero) is 1. The van der Waals surface area contributed by atoms with Crippen LogP contribution >= 0.6 is 0 Å². The van der Waals surface area contributed by atoms with Crippen molar-refractivity contribution in [2.24, 2.45) is 5.41 Å². The highest BCUT2D eigenvalue weighted by atomic mass is 16.1. The lowest BCUT2D eigenvalue weighted by Gasteiger charge is -2.37. The van der Waals surface area contributed by atoms with Crippen molar-refractivity contribution in [1.82, 2.24) is 10.3 Å². The number of carbonyl (C=O) groups excluding carboxylic acids is 1. The van der Waals surface area contributed by atoms with E-state index in [9.17, 15) is 4.79 Å². The number of aromatic nitrogens is 1. The molecule has 0 saturated carbocycles. The first-order chi connectivity index (χ1) is 6.62. The van der Waals surface area contributed by atoms with Crippen molar-refractivity contribution in [3.8, 4) is 0 Å². The van der Waals surface area contributed by atoms with Crippen LogP contribution < -0.4 is 5.32 Å². The standard InChI is InChI=1S/C11H14N2O/c1-8-3-4-9(5-13-8)10(14)11(2)6-12-7-11/h3-5,12H,6-7H2,1-2H3. The maximum Gasteiger partial charge on any atom is 0.172 e. The third-order valence-electron chi connectivity index (χ3n) is 2.75. The topological polar surface area (TPSA) is 42.0 Å². The van der Waals surface area contributed by atoms with Crippen LogP contribution in [0.15, 0.2) is 18.3 Å². The average Bonchev–Trinajstić information content (AvgIpc) is 2.14. The van der Waals surface area contributed by atoms with Gasteiger partial charge in [0.1, 0.15) is 0 Å². The van der Waals surface area contributed by atoms with E-state index in [1.54, 1.807) is 6.20 Å². The zero-order valence-electron chi connectivity index (χ0n) is 8.50. The van der Waals surface area contributed by atoms with Crippen molar-refractivity contribution >= 4 is 5.78 Å². The molecule has 1 aromatic heterocycles. The number of ketones is 1. The molecule has 3 heteroatoms. The molecular weight excluding hydrogens is 176 g/mol. The molecule has 1 N–H and O–H groups in total. The van der Waals surface area contributed by atoms with Crippen molar-refractivity contribution in [1.29, 1.82) is 0 Å². The van der Waals surface area contributed by atoms with E-state index >= 15 is 0 Å². The quantitative estimate of drug-likeness (QED) is 0.712. The fourth-order valence-electron chi connectivity index (χ4n) is 1.61. The minimum Gasteiger partial charge on any atom is -0.315 e. The highest BCUT2D eigenvalue weighted by molar-refractivity contribution is 6.01. The minimum absolute atomic E-state index is 0.198. The number of pyridine rings is 1. The van der Waals surface area contributed by atoms with Crippen LogP contribution in [0.3, 0.4) is 0 Å². The van der Waals surface area contributed by atoms with Crippen molar-refractivity contribution in [3.63, 3.8) is 0 Å². The summed E-state index contributed by atoms with van der Waals surface area (Å²) < 4.78 is 0. The van der Waals surface area contributed by atoms with Crippen LogP contribution in [-0.2, 0) is 0 Å². The second-order valence-electron chi connectivity index (χ2n) is 4.18. The third-order valence-corrected chi connectivity index (χ3v) is 2.75. The van der Waals surface area contributed by atoms with Crippen LogP contribution in [0.25, 0.3) is 0 Å². The van der Waals surface area contributed by atoms with Gasteiger partial charge in [-0.1, -0.05) is 0 Å². The van der Waals surface area contributed by atoms with E-state index in [1.807, 2.05) is 26.0 Å². The Labute approximate surface area is 83.5 Å². The predicted molar refractivity (Wildman–Crippen MR) is 54.3 cm³/mol. The summed E-state index contributed by atoms with van der Waals surface area (Å²) in [6, 6.07) is 3.73. The third kappa shape index (κ3) is 1.44. The number of aryl methyl sites for hydroxylation is 1. The van der Waals surface area contributed by atoms with Crippen LogP contribution in [-0.4, -0.2) is 23.9 Å². The maximum atomic E-state index is 12.0. The summed E-state index contributed by atoms with van der Waals surface area (Å²) in [5.41, 5.74) is 1.45. The van der Waals surface area contributed by atoms with Gasteiger partial charge < -0.3 is 5.32 Å². The molecule has 1 aliphatic rings. The van der Waals surface area contributed by atoms with Crippen molar-refractivity contribution in [2.45, 2.75) is 13.8 Å². The summed E-state index contributed by atoms with van der Waals surface area (Å²) in [6.45, 7) is 5.46. The normalized spacial score (nSPS) is 18.7. The van der Waals surface area contributed by atoms with Crippen molar-refractivity contribution in [2.75, 3.05) is 13.1 Å². The zero-order chi connectivity index (χ0) is 10.2. The Morgan fingerprint density at radius 3 is 2.64 bits per heavy atom. The Morgan fingerprint density at radius 2 is 2.21 bits per heavy atom. The summed E-state index contributed by atoms with van der Waals surface area (Å²) >= 11 is 0. The SMILES string of the molecule is Cc1ccc(C(=O)C2(C)CNC2)cn1. The molecule has 0 radical (unpaired) electrons. The largest absolute Gasteiger partial charge is 0.315 e. The van der Waals surface area contributed by atoms with Gasteiger partial charge in [-0.15, -0.1) is 0 Å². The fraction of sp³-hybridized carbons (Fsp3) is 0.455. The summed E-state index contributed by atoms with van der Waals surface area (Å²) in [5.74, 6) is 0.198. The monoisotopic (exact) mass is 190 g/mol. The first-order valence-electron chi connectivity index (χ1n) is 4.80. The summed E-state index contributed by atoms with van der Waals surface area (Å²) in [4.78, 5) is 16.1. The molecule has 0 amide bonds. The number of nitrogens with zero attached hydrogens (tertiary/aromatic N) is 1. The smallest absolute Gasteiger partial charge is 0.172 e. The molecule has 1 aliphatic heterocycles. The van der Waals surface area contributed by atoms with Gasteiger partial charge in [0.25, 0.3) is 0 Å². The molecule has 0 aliphatic carbocycles. The first kappa shape index (κ1) is 9.34. The molecule has 74 valence electrons. The highest BCUT2D eigenvalue weighted by Gasteiger charge is 2.39. The van der Waals surface area contributed by atoms with Gasteiger partial charge in [-0.2, -0.15) is 0 Å². The van der Waals surface area contributed by atoms with Crippen LogP contribution in [0, 0.1) is 12.3 Å². The van der Waals surface area contributed by atoms with E-state index < -0.39 is 0 Å². The van der Waals surface area contributed by atoms with Crippen LogP contribution in [0.2, 0.25) is 0 Å². The van der Waals surface area contributed by atoms with Gasteiger partial charge in [-0.25, -0.2) is 0 Å². The molecular formula is C11H14N2O. The first-order valence-corrected chi connectivity index (χ1v) is 4.80. The minimum atomic E-state index is -0.211. The molecule has 2 rings (SSSR count). The molecule has 0 aromatic carbocycles. The Bertz CT molecular complexity index is 352. The van der Waals surface area contributed by atoms with Crippen LogP contribution in [0.4, 0.5) is 0 Å². The van der Waals surface area contributed by atoms with Crippen LogP contribution in [0.5, 0.6) is 0 Å². The van der Waals surface area contributed by atoms with Gasteiger partial charge in [0.05, 0.1) is 5.41 Å². The summed E-state index contributed by atoms with van der Waals surface area (Å²) in [7, 11) is 0. The van der Waals surface area contributed by atoms with Crippen molar-refractivity contribution in [3.05, 3.63) is 29.6 Å². The molecule has 2 heterocycles. The second-order valence-corrected chi connectivity index (χ2v) is 4.18. The van der Waals surface area contributed by atoms with Gasteiger partial charge in [-0.3, -0.25) is 9.78 Å². The van der Waals surface area contributed by atoms with E-state index in [2.05, 4.69) is 10.3 Å². The highest BCUT2D eigenvalue weighted by Crippen LogP contribution is 2.26. The molecule has 3 nitrogen and oxygen atoms in total. The molecule has 1 aromatic rings. The van der Waals surface area contributed by atoms with E-state index in [1.165, 1.54) is 0 Å². The zero-order valence-corrected chi connectivity index (χ0v) is 8.50. The fourth-order valence-corrected chi connectivity index (χ4v) is 1.61. The second kappa shape index (κ2) is 3.17. The molecule has 0 spiro atoms. The molecule has 0 bridgehead atoms. The van der Waals surface area contributed by atoms with E-state index in [0.29, 0.717) is 0 Å². The van der Waals surface area contributed by atoms with Crippen molar-refractivity contribution < 1.29 is 4.79 Å². The Balaban J connectivity index is 2.23. The van der Waals surface area contributed by atoms with E-state index in [-0.39, 0.29) is 11.2 Å². The lowest BCUT2D eigenvalue weighted by Crippen LogP contribution is -2.56. The van der Waals surface area contributed by atoms with Gasteiger partial charge in [-0.05, 0) is 26.0 Å². The number of hydrogen-bond acceptors (Lipinski definition) is 3. The van der Waals surface area contributed by atoms with Gasteiger partial charge in [0.2, 0.25) is 0 Å². The maximum absolute atomic E-state index is 12.0. The predicted octanol–water partition coefficient (Wildman–Crippen LogP) is 1.18. The van der Waals surface area contributed by atoms with E-state index in [0.717, 1.165) is 24.3 Å². The van der Waals surface area contributed by atoms with Gasteiger partial charge in [0.15, 0.2) is 5.78 Å². The molecule has 0 unspecified atom stereocenters. The summed E-state index contributed by atoms with van der Waals surface area (Å²) in [6.07, 6.45) is 1.67. The molecule has 1 fully saturated rings. The Morgan fingerprint density at radius 1 is 1.50 bits per heavy atom. The molecule has 14 heavy (non-hydrogen) atoms. The number of nitrogens with one attached hydrogen (secondary N) is 1. The van der Waals surface area contributed by atoms with Gasteiger partial charge >= 0.3 is 0 Å². The Kier molecular flexibility index (Phi) is 2.11. The molecule has 0 atom stereocenters. The number of hydrogen-bond donors (Lipinski definition) is 1. The molecule has 1 saturated heterocycles. The number of rotatable bonds is 2. The average molecular weight is 190 g/mol. The van der Waals surface area contributed by atoms with E-state index in [4.69, 9.17) is 0 Å². The lowest BCUT2D eigenvalue weighted by atomic mass is 9.77. The number of carbonyl (C=O) groups is 1. The van der Waals surface area contributed by atoms with Crippen LogP contribution in [0.1, 0.15) is 23.0 Å². The van der Waals surface area contributed by atoms with Gasteiger partial charge in [0, 0.05) is 30.5 Å². The summed E-state index contributed by atoms with van der Waals surface area (Å²) in [5, 5.41) is 3.12. The lowest BCUT2D eigenvalue weighted by molar-refractivity contribution is 0.0721. The Hall–Kier alpha value is -1.22.